The normalized spacial score (nSPS) is 22.3. The monoisotopic (exact) mass is 371 g/mol. The van der Waals surface area contributed by atoms with Crippen molar-refractivity contribution in [2.24, 2.45) is 5.92 Å². The van der Waals surface area contributed by atoms with Crippen LogP contribution in [0.1, 0.15) is 5.56 Å². The Labute approximate surface area is 154 Å². The first kappa shape index (κ1) is 16.1. The Morgan fingerprint density at radius 3 is 2.64 bits per heavy atom. The molecule has 2 aromatic rings. The number of nitrogens with one attached hydrogen (secondary N) is 1. The molecule has 0 fully saturated rings. The lowest BCUT2D eigenvalue weighted by Crippen LogP contribution is -2.42. The van der Waals surface area contributed by atoms with E-state index in [9.17, 15) is 9.90 Å². The summed E-state index contributed by atoms with van der Waals surface area (Å²) in [6.45, 7) is 0. The van der Waals surface area contributed by atoms with Crippen LogP contribution in [0.25, 0.3) is 5.57 Å². The van der Waals surface area contributed by atoms with E-state index in [0.717, 1.165) is 0 Å². The molecule has 2 N–H and O–H groups in total. The molecule has 0 aromatic heterocycles. The van der Waals surface area contributed by atoms with Gasteiger partial charge in [0.15, 0.2) is 0 Å². The first-order valence-corrected chi connectivity index (χ1v) is 8.99. The van der Waals surface area contributed by atoms with E-state index < -0.39 is 0 Å². The summed E-state index contributed by atoms with van der Waals surface area (Å²) in [5.74, 6) is 0.696. The molecule has 4 nitrogen and oxygen atoms in total. The number of carbonyl (C=O) groups is 1. The number of hydrogen-bond donors (Lipinski definition) is 2. The smallest absolute Gasteiger partial charge is 0.256 e. The summed E-state index contributed by atoms with van der Waals surface area (Å²) in [5.41, 5.74) is 0.853. The average Bonchev–Trinajstić information content (AvgIpc) is 2.97. The molecule has 0 spiro atoms. The van der Waals surface area contributed by atoms with E-state index in [0.29, 0.717) is 21.4 Å². The number of benzene rings is 2. The zero-order valence-corrected chi connectivity index (χ0v) is 14.6. The van der Waals surface area contributed by atoms with Gasteiger partial charge in [0.25, 0.3) is 5.91 Å². The summed E-state index contributed by atoms with van der Waals surface area (Å²) in [7, 11) is 0. The van der Waals surface area contributed by atoms with Gasteiger partial charge in [-0.2, -0.15) is 0 Å². The van der Waals surface area contributed by atoms with Gasteiger partial charge in [-0.15, -0.1) is 0 Å². The molecule has 25 heavy (non-hydrogen) atoms. The number of para-hydroxylation sites is 1. The van der Waals surface area contributed by atoms with Gasteiger partial charge in [-0.05, 0) is 35.9 Å². The molecule has 0 saturated heterocycles. The molecule has 0 aliphatic carbocycles. The van der Waals surface area contributed by atoms with Crippen LogP contribution < -0.4 is 10.1 Å². The molecule has 6 heteroatoms. The van der Waals surface area contributed by atoms with Crippen LogP contribution in [0.5, 0.6) is 11.5 Å². The Morgan fingerprint density at radius 1 is 1.08 bits per heavy atom. The number of hydrogen-bond acceptors (Lipinski definition) is 4. The quantitative estimate of drug-likeness (QED) is 0.824. The van der Waals surface area contributed by atoms with Crippen LogP contribution in [0, 0.1) is 5.92 Å². The van der Waals surface area contributed by atoms with Crippen molar-refractivity contribution in [3.05, 3.63) is 76.4 Å². The molecule has 0 saturated carbocycles. The highest BCUT2D eigenvalue weighted by Gasteiger charge is 2.39. The van der Waals surface area contributed by atoms with Crippen molar-refractivity contribution in [1.29, 1.82) is 0 Å². The van der Waals surface area contributed by atoms with Gasteiger partial charge in [0.05, 0.1) is 21.2 Å². The molecule has 2 aromatic carbocycles. The largest absolute Gasteiger partial charge is 0.511 e. The fraction of sp³-hybridized carbons (Fsp3) is 0.105. The van der Waals surface area contributed by atoms with E-state index in [1.165, 1.54) is 11.8 Å². The average molecular weight is 372 g/mol. The maximum atomic E-state index is 12.5. The number of halogens is 1. The van der Waals surface area contributed by atoms with Crippen molar-refractivity contribution in [1.82, 2.24) is 5.32 Å². The maximum absolute atomic E-state index is 12.5. The minimum Gasteiger partial charge on any atom is -0.511 e. The van der Waals surface area contributed by atoms with Gasteiger partial charge in [-0.3, -0.25) is 4.79 Å². The molecule has 2 atom stereocenters. The van der Waals surface area contributed by atoms with Gasteiger partial charge in [0.2, 0.25) is 0 Å². The van der Waals surface area contributed by atoms with E-state index in [1.807, 2.05) is 30.3 Å². The molecule has 1 amide bonds. The Hall–Kier alpha value is -2.37. The molecule has 4 rings (SSSR count). The number of carbonyl (C=O) groups excluding carboxylic acids is 1. The van der Waals surface area contributed by atoms with E-state index in [4.69, 9.17) is 16.3 Å². The summed E-state index contributed by atoms with van der Waals surface area (Å²) in [6, 6.07) is 16.5. The lowest BCUT2D eigenvalue weighted by Gasteiger charge is -2.27. The first-order chi connectivity index (χ1) is 12.1. The zero-order valence-electron chi connectivity index (χ0n) is 13.0. The van der Waals surface area contributed by atoms with Crippen LogP contribution >= 0.6 is 23.4 Å². The summed E-state index contributed by atoms with van der Waals surface area (Å²) < 4.78 is 6.38. The molecular formula is C19H14ClNO3S. The molecule has 2 heterocycles. The SMILES string of the molecule is O=C1NC2SC(Cl)=CC2C(O)=C1c1cccc(Oc2ccccc2)c1. The van der Waals surface area contributed by atoms with Gasteiger partial charge in [-0.25, -0.2) is 0 Å². The summed E-state index contributed by atoms with van der Waals surface area (Å²) >= 11 is 7.36. The topological polar surface area (TPSA) is 58.6 Å². The predicted molar refractivity (Wildman–Crippen MR) is 99.5 cm³/mol. The number of amides is 1. The lowest BCUT2D eigenvalue weighted by atomic mass is 9.93. The van der Waals surface area contributed by atoms with Crippen molar-refractivity contribution in [2.45, 2.75) is 5.37 Å². The number of aliphatic hydroxyl groups excluding tert-OH is 1. The van der Waals surface area contributed by atoms with Gasteiger partial charge >= 0.3 is 0 Å². The number of ether oxygens (including phenoxy) is 1. The summed E-state index contributed by atoms with van der Waals surface area (Å²) in [4.78, 5) is 12.5. The Kier molecular flexibility index (Phi) is 4.19. The summed E-state index contributed by atoms with van der Waals surface area (Å²) in [6.07, 6.45) is 1.76. The molecule has 126 valence electrons. The molecule has 0 radical (unpaired) electrons. The first-order valence-electron chi connectivity index (χ1n) is 7.73. The Balaban J connectivity index is 1.69. The predicted octanol–water partition coefficient (Wildman–Crippen LogP) is 4.65. The van der Waals surface area contributed by atoms with Crippen LogP contribution in [0.4, 0.5) is 0 Å². The van der Waals surface area contributed by atoms with Crippen LogP contribution in [0.15, 0.2) is 70.8 Å². The second kappa shape index (κ2) is 6.50. The molecule has 2 unspecified atom stereocenters. The fourth-order valence-corrected chi connectivity index (χ4v) is 4.32. The zero-order chi connectivity index (χ0) is 17.4. The van der Waals surface area contributed by atoms with E-state index >= 15 is 0 Å². The second-order valence-corrected chi connectivity index (χ2v) is 7.53. The third-order valence-corrected chi connectivity index (χ3v) is 5.47. The summed E-state index contributed by atoms with van der Waals surface area (Å²) in [5, 5.41) is 13.3. The molecule has 0 bridgehead atoms. The van der Waals surface area contributed by atoms with Gasteiger partial charge in [0, 0.05) is 0 Å². The van der Waals surface area contributed by atoms with Crippen molar-refractivity contribution in [2.75, 3.05) is 0 Å². The number of aliphatic hydroxyl groups is 1. The highest BCUT2D eigenvalue weighted by atomic mass is 35.5. The van der Waals surface area contributed by atoms with Crippen molar-refractivity contribution >= 4 is 34.8 Å². The van der Waals surface area contributed by atoms with E-state index in [1.54, 1.807) is 30.3 Å². The van der Waals surface area contributed by atoms with Crippen LogP contribution in [0.3, 0.4) is 0 Å². The van der Waals surface area contributed by atoms with Crippen molar-refractivity contribution in [3.8, 4) is 11.5 Å². The standard InChI is InChI=1S/C19H14ClNO3S/c20-15-10-14-17(22)16(18(23)21-19(14)25-15)11-5-4-8-13(9-11)24-12-6-2-1-3-7-12/h1-10,14,19,22H,(H,21,23). The minimum atomic E-state index is -0.317. The molecular weight excluding hydrogens is 358 g/mol. The third-order valence-electron chi connectivity index (χ3n) is 4.05. The lowest BCUT2D eigenvalue weighted by molar-refractivity contribution is -0.116. The van der Waals surface area contributed by atoms with Crippen molar-refractivity contribution < 1.29 is 14.6 Å². The molecule has 2 aliphatic heterocycles. The fourth-order valence-electron chi connectivity index (χ4n) is 2.91. The van der Waals surface area contributed by atoms with Crippen LogP contribution in [-0.4, -0.2) is 16.4 Å². The third kappa shape index (κ3) is 3.13. The van der Waals surface area contributed by atoms with Crippen molar-refractivity contribution in [3.63, 3.8) is 0 Å². The van der Waals surface area contributed by atoms with E-state index in [-0.39, 0.29) is 28.5 Å². The second-order valence-electron chi connectivity index (χ2n) is 5.71. The highest BCUT2D eigenvalue weighted by molar-refractivity contribution is 8.05. The van der Waals surface area contributed by atoms with Gasteiger partial charge < -0.3 is 15.2 Å². The van der Waals surface area contributed by atoms with Crippen LogP contribution in [0.2, 0.25) is 0 Å². The minimum absolute atomic E-state index is 0.0359. The van der Waals surface area contributed by atoms with Crippen LogP contribution in [-0.2, 0) is 4.79 Å². The van der Waals surface area contributed by atoms with Gasteiger partial charge in [-0.1, -0.05) is 53.7 Å². The number of fused-ring (bicyclic) bond motifs is 1. The Bertz CT molecular complexity index is 895. The van der Waals surface area contributed by atoms with Gasteiger partial charge in [0.1, 0.15) is 17.3 Å². The number of thioether (sulfide) groups is 1. The highest BCUT2D eigenvalue weighted by Crippen LogP contribution is 2.44. The van der Waals surface area contributed by atoms with E-state index in [2.05, 4.69) is 5.32 Å². The number of rotatable bonds is 3. The Morgan fingerprint density at radius 2 is 1.84 bits per heavy atom. The molecule has 2 aliphatic rings. The maximum Gasteiger partial charge on any atom is 0.256 e.